The van der Waals surface area contributed by atoms with E-state index in [1.165, 1.54) is 24.2 Å². The van der Waals surface area contributed by atoms with Crippen molar-refractivity contribution in [3.63, 3.8) is 0 Å². The molecule has 1 saturated carbocycles. The molecular formula is C30H38N6O3. The summed E-state index contributed by atoms with van der Waals surface area (Å²) in [6.45, 7) is 4.10. The number of carbonyl (C=O) groups excluding carboxylic acids is 2. The monoisotopic (exact) mass is 530 g/mol. The van der Waals surface area contributed by atoms with Gasteiger partial charge in [0, 0.05) is 43.2 Å². The summed E-state index contributed by atoms with van der Waals surface area (Å²) in [7, 11) is 1.93. The molecule has 1 saturated heterocycles. The number of pyridine rings is 1. The maximum atomic E-state index is 13.3. The fourth-order valence-electron chi connectivity index (χ4n) is 5.03. The van der Waals surface area contributed by atoms with Crippen molar-refractivity contribution >= 4 is 17.9 Å². The second-order valence-corrected chi connectivity index (χ2v) is 10.8. The number of likely N-dealkylation sites (N-methyl/N-ethyl adjacent to an activating group) is 1. The van der Waals surface area contributed by atoms with E-state index >= 15 is 0 Å². The summed E-state index contributed by atoms with van der Waals surface area (Å²) in [5, 5.41) is 30.0. The molecule has 9 nitrogen and oxygen atoms in total. The topological polar surface area (TPSA) is 133 Å². The van der Waals surface area contributed by atoms with Crippen LogP contribution in [0.15, 0.2) is 48.8 Å². The maximum Gasteiger partial charge on any atom is 0.247 e. The Morgan fingerprint density at radius 3 is 2.44 bits per heavy atom. The van der Waals surface area contributed by atoms with E-state index in [0.717, 1.165) is 29.7 Å². The second-order valence-electron chi connectivity index (χ2n) is 10.8. The van der Waals surface area contributed by atoms with Crippen LogP contribution in [-0.2, 0) is 15.0 Å². The van der Waals surface area contributed by atoms with Crippen LogP contribution in [-0.4, -0.2) is 59.0 Å². The van der Waals surface area contributed by atoms with Gasteiger partial charge in [-0.15, -0.1) is 0 Å². The number of nitrogens with one attached hydrogen (secondary N) is 1. The number of hydrogen-bond acceptors (Lipinski definition) is 8. The van der Waals surface area contributed by atoms with Gasteiger partial charge in [0.25, 0.3) is 0 Å². The number of aliphatic hydroxyl groups is 1. The first-order valence-corrected chi connectivity index (χ1v) is 13.4. The molecule has 4 rings (SSSR count). The van der Waals surface area contributed by atoms with E-state index < -0.39 is 23.6 Å². The molecule has 3 atom stereocenters. The first-order chi connectivity index (χ1) is 18.7. The van der Waals surface area contributed by atoms with Gasteiger partial charge in [0.2, 0.25) is 5.91 Å². The molecule has 9 heteroatoms. The molecule has 1 aromatic heterocycles. The summed E-state index contributed by atoms with van der Waals surface area (Å²) in [6.07, 6.45) is 11.6. The molecular weight excluding hydrogens is 492 g/mol. The number of nitriles is 2. The smallest absolute Gasteiger partial charge is 0.247 e. The zero-order valence-electron chi connectivity index (χ0n) is 23.0. The van der Waals surface area contributed by atoms with Crippen molar-refractivity contribution in [1.82, 2.24) is 15.2 Å². The standard InChI is InChI=1S/C24H30N4O.C6H8N2O2/c1-24(2,17-25)19-11-13-21(14-12-19)28(3)22(18-8-7-15-26-16-18)23(29)27-20-9-5-4-6-10-20;7-4-8-2-6(10)1-5(8)3-9/h7-8,11-16,20,22H,4-6,9-10H2,1-3H3,(H,27,29);3,5-6,10H,1-2H2. The predicted octanol–water partition coefficient (Wildman–Crippen LogP) is 3.61. The number of aldehydes is 1. The molecule has 3 unspecified atom stereocenters. The third-order valence-corrected chi connectivity index (χ3v) is 7.47. The van der Waals surface area contributed by atoms with Gasteiger partial charge in [-0.05, 0) is 50.5 Å². The third-order valence-electron chi connectivity index (χ3n) is 7.47. The number of likely N-dealkylation sites (tertiary alicyclic amines) is 1. The Labute approximate surface area is 231 Å². The van der Waals surface area contributed by atoms with Crippen molar-refractivity contribution in [3.05, 3.63) is 59.9 Å². The lowest BCUT2D eigenvalue weighted by Gasteiger charge is -2.32. The van der Waals surface area contributed by atoms with Crippen LogP contribution in [0.3, 0.4) is 0 Å². The lowest BCUT2D eigenvalue weighted by Crippen LogP contribution is -2.44. The Hall–Kier alpha value is -3.95. The van der Waals surface area contributed by atoms with E-state index in [1.807, 2.05) is 68.4 Å². The number of amides is 1. The van der Waals surface area contributed by atoms with Crippen LogP contribution in [0.5, 0.6) is 0 Å². The molecule has 2 heterocycles. The lowest BCUT2D eigenvalue weighted by atomic mass is 9.86. The third kappa shape index (κ3) is 7.78. The first kappa shape index (κ1) is 29.6. The minimum atomic E-state index is -0.543. The van der Waals surface area contributed by atoms with Crippen LogP contribution < -0.4 is 10.2 Å². The summed E-state index contributed by atoms with van der Waals surface area (Å²) in [6, 6.07) is 13.4. The number of nitrogens with zero attached hydrogens (tertiary/aromatic N) is 5. The number of rotatable bonds is 7. The summed E-state index contributed by atoms with van der Waals surface area (Å²) in [5.41, 5.74) is 2.21. The lowest BCUT2D eigenvalue weighted by molar-refractivity contribution is -0.123. The molecule has 2 aliphatic rings. The van der Waals surface area contributed by atoms with Crippen LogP contribution in [0.25, 0.3) is 0 Å². The Morgan fingerprint density at radius 2 is 1.90 bits per heavy atom. The molecule has 2 aromatic rings. The minimum absolute atomic E-state index is 0.00818. The van der Waals surface area contributed by atoms with Crippen molar-refractivity contribution in [2.24, 2.45) is 0 Å². The zero-order chi connectivity index (χ0) is 28.4. The Bertz CT molecular complexity index is 1170. The largest absolute Gasteiger partial charge is 0.391 e. The highest BCUT2D eigenvalue weighted by atomic mass is 16.3. The van der Waals surface area contributed by atoms with Crippen molar-refractivity contribution in [3.8, 4) is 12.3 Å². The number of hydrogen-bond donors (Lipinski definition) is 2. The number of benzene rings is 1. The van der Waals surface area contributed by atoms with E-state index in [0.29, 0.717) is 19.3 Å². The summed E-state index contributed by atoms with van der Waals surface area (Å²) >= 11 is 0. The van der Waals surface area contributed by atoms with E-state index in [-0.39, 0.29) is 11.9 Å². The van der Waals surface area contributed by atoms with Gasteiger partial charge in [0.15, 0.2) is 6.19 Å². The molecule has 1 aromatic carbocycles. The van der Waals surface area contributed by atoms with E-state index in [1.54, 1.807) is 12.4 Å². The Morgan fingerprint density at radius 1 is 1.21 bits per heavy atom. The fraction of sp³-hybridized carbons (Fsp3) is 0.500. The van der Waals surface area contributed by atoms with Crippen LogP contribution in [0.4, 0.5) is 5.69 Å². The van der Waals surface area contributed by atoms with Crippen molar-refractivity contribution in [1.29, 1.82) is 10.5 Å². The van der Waals surface area contributed by atoms with E-state index in [4.69, 9.17) is 10.4 Å². The number of aromatic nitrogens is 1. The van der Waals surface area contributed by atoms with Gasteiger partial charge in [-0.1, -0.05) is 37.5 Å². The molecule has 0 spiro atoms. The molecule has 39 heavy (non-hydrogen) atoms. The van der Waals surface area contributed by atoms with Crippen molar-refractivity contribution in [2.45, 2.75) is 82.0 Å². The highest BCUT2D eigenvalue weighted by Crippen LogP contribution is 2.29. The van der Waals surface area contributed by atoms with Crippen molar-refractivity contribution in [2.75, 3.05) is 18.5 Å². The SMILES string of the molecule is CN(c1ccc(C(C)(C)C#N)cc1)C(C(=O)NC1CCCCC1)c1cccnc1.N#CN1CC(O)CC1C=O. The molecule has 0 radical (unpaired) electrons. The maximum absolute atomic E-state index is 13.3. The van der Waals surface area contributed by atoms with Gasteiger partial charge in [0.1, 0.15) is 12.3 Å². The molecule has 206 valence electrons. The average molecular weight is 531 g/mol. The van der Waals surface area contributed by atoms with Gasteiger partial charge in [-0.3, -0.25) is 14.7 Å². The molecule has 0 bridgehead atoms. The zero-order valence-corrected chi connectivity index (χ0v) is 23.0. The van der Waals surface area contributed by atoms with Gasteiger partial charge in [-0.25, -0.2) is 0 Å². The van der Waals surface area contributed by atoms with Gasteiger partial charge in [-0.2, -0.15) is 10.5 Å². The number of β-amino-alcohol motifs (C(OH)–C–C–N with tert-alkyl or cyclic N) is 1. The second kappa shape index (κ2) is 13.7. The molecule has 1 aliphatic carbocycles. The van der Waals surface area contributed by atoms with Gasteiger partial charge in [0.05, 0.1) is 30.2 Å². The highest BCUT2D eigenvalue weighted by Gasteiger charge is 2.30. The van der Waals surface area contributed by atoms with Crippen LogP contribution in [0.2, 0.25) is 0 Å². The quantitative estimate of drug-likeness (QED) is 0.410. The average Bonchev–Trinajstić information content (AvgIpc) is 3.34. The Balaban J connectivity index is 0.000000353. The van der Waals surface area contributed by atoms with E-state index in [9.17, 15) is 14.9 Å². The molecule has 1 amide bonds. The number of carbonyl (C=O) groups is 2. The minimum Gasteiger partial charge on any atom is -0.391 e. The number of aliphatic hydroxyl groups excluding tert-OH is 1. The predicted molar refractivity (Wildman–Crippen MR) is 148 cm³/mol. The van der Waals surface area contributed by atoms with Crippen LogP contribution in [0, 0.1) is 22.8 Å². The number of anilines is 1. The summed E-state index contributed by atoms with van der Waals surface area (Å²) in [5.74, 6) is 0.00818. The normalized spacial score (nSPS) is 20.0. The summed E-state index contributed by atoms with van der Waals surface area (Å²) in [4.78, 5) is 31.0. The molecule has 2 fully saturated rings. The van der Waals surface area contributed by atoms with Crippen LogP contribution >= 0.6 is 0 Å². The highest BCUT2D eigenvalue weighted by molar-refractivity contribution is 5.86. The Kier molecular flexibility index (Phi) is 10.4. The molecule has 2 N–H and O–H groups in total. The van der Waals surface area contributed by atoms with Crippen LogP contribution in [0.1, 0.15) is 69.5 Å². The summed E-state index contributed by atoms with van der Waals surface area (Å²) < 4.78 is 0. The van der Waals surface area contributed by atoms with Crippen molar-refractivity contribution < 1.29 is 14.7 Å². The van der Waals surface area contributed by atoms with Gasteiger partial charge < -0.3 is 20.1 Å². The fourth-order valence-corrected chi connectivity index (χ4v) is 5.03. The molecule has 1 aliphatic heterocycles. The van der Waals surface area contributed by atoms with E-state index in [2.05, 4.69) is 16.4 Å². The van der Waals surface area contributed by atoms with Gasteiger partial charge >= 0.3 is 0 Å². The first-order valence-electron chi connectivity index (χ1n) is 13.4.